The van der Waals surface area contributed by atoms with Crippen molar-refractivity contribution in [1.29, 1.82) is 0 Å². The van der Waals surface area contributed by atoms with Crippen LogP contribution in [0.1, 0.15) is 5.69 Å². The van der Waals surface area contributed by atoms with E-state index >= 15 is 0 Å². The van der Waals surface area contributed by atoms with E-state index in [9.17, 15) is 0 Å². The van der Waals surface area contributed by atoms with Gasteiger partial charge in [0.05, 0.1) is 16.8 Å². The van der Waals surface area contributed by atoms with Crippen LogP contribution in [0.15, 0.2) is 21.3 Å². The number of aromatic nitrogens is 2. The maximum absolute atomic E-state index is 5.14. The number of hydrogen-bond acceptors (Lipinski definition) is 5. The first kappa shape index (κ1) is 12.5. The minimum absolute atomic E-state index is 0.453. The van der Waals surface area contributed by atoms with Crippen LogP contribution in [0, 0.1) is 0 Å². The van der Waals surface area contributed by atoms with Crippen molar-refractivity contribution in [3.8, 4) is 11.4 Å². The number of hydrogen-bond donors (Lipinski definition) is 1. The van der Waals surface area contributed by atoms with Gasteiger partial charge in [-0.25, -0.2) is 9.97 Å². The van der Waals surface area contributed by atoms with Gasteiger partial charge in [0, 0.05) is 25.1 Å². The Morgan fingerprint density at radius 3 is 2.88 bits per heavy atom. The van der Waals surface area contributed by atoms with E-state index in [4.69, 9.17) is 4.74 Å². The molecule has 0 saturated heterocycles. The lowest BCUT2D eigenvalue weighted by molar-refractivity contribution is 0.181. The average Bonchev–Trinajstić information content (AvgIpc) is 2.85. The Morgan fingerprint density at radius 2 is 2.29 bits per heavy atom. The molecule has 2 heterocycles. The first-order valence-electron chi connectivity index (χ1n) is 5.02. The highest BCUT2D eigenvalue weighted by Crippen LogP contribution is 2.28. The molecule has 4 nitrogen and oxygen atoms in total. The van der Waals surface area contributed by atoms with Gasteiger partial charge in [0.2, 0.25) is 0 Å². The van der Waals surface area contributed by atoms with Gasteiger partial charge in [-0.15, -0.1) is 0 Å². The van der Waals surface area contributed by atoms with Crippen LogP contribution < -0.4 is 5.32 Å². The van der Waals surface area contributed by atoms with Crippen molar-refractivity contribution < 1.29 is 4.74 Å². The highest BCUT2D eigenvalue weighted by Gasteiger charge is 2.12. The van der Waals surface area contributed by atoms with Crippen LogP contribution in [0.3, 0.4) is 0 Å². The molecule has 0 unspecified atom stereocenters. The van der Waals surface area contributed by atoms with Gasteiger partial charge < -0.3 is 10.1 Å². The molecule has 0 aliphatic heterocycles. The Kier molecular flexibility index (Phi) is 4.09. The van der Waals surface area contributed by atoms with Gasteiger partial charge in [-0.05, 0) is 27.4 Å². The molecule has 17 heavy (non-hydrogen) atoms. The third-order valence-corrected chi connectivity index (χ3v) is 3.73. The number of rotatable bonds is 4. The predicted octanol–water partition coefficient (Wildman–Crippen LogP) is 3.16. The molecule has 0 saturated carbocycles. The fraction of sp³-hybridized carbons (Fsp3) is 0.273. The Hall–Kier alpha value is -0.980. The summed E-state index contributed by atoms with van der Waals surface area (Å²) in [6, 6.07) is 2.00. The number of anilines is 1. The Bertz CT molecular complexity index is 502. The molecular weight excluding hydrogens is 302 g/mol. The summed E-state index contributed by atoms with van der Waals surface area (Å²) in [6.45, 7) is 0.453. The molecule has 0 atom stereocenters. The van der Waals surface area contributed by atoms with Crippen molar-refractivity contribution in [2.24, 2.45) is 0 Å². The molecule has 0 bridgehead atoms. The summed E-state index contributed by atoms with van der Waals surface area (Å²) in [5.41, 5.74) is 1.87. The fourth-order valence-corrected chi connectivity index (χ4v) is 2.54. The molecular formula is C11H12BrN3OS. The molecule has 1 N–H and O–H groups in total. The smallest absolute Gasteiger partial charge is 0.162 e. The van der Waals surface area contributed by atoms with Crippen LogP contribution in [0.25, 0.3) is 11.4 Å². The molecule has 2 aromatic heterocycles. The van der Waals surface area contributed by atoms with E-state index < -0.39 is 0 Å². The van der Waals surface area contributed by atoms with E-state index in [1.807, 2.05) is 23.9 Å². The summed E-state index contributed by atoms with van der Waals surface area (Å²) in [6.07, 6.45) is 0. The maximum atomic E-state index is 5.14. The SMILES string of the molecule is CNc1nc(-c2ccsc2)nc(COC)c1Br. The molecule has 0 aliphatic rings. The average molecular weight is 314 g/mol. The van der Waals surface area contributed by atoms with Crippen molar-refractivity contribution in [1.82, 2.24) is 9.97 Å². The summed E-state index contributed by atoms with van der Waals surface area (Å²) in [4.78, 5) is 8.95. The van der Waals surface area contributed by atoms with Gasteiger partial charge >= 0.3 is 0 Å². The van der Waals surface area contributed by atoms with Crippen LogP contribution in [0.5, 0.6) is 0 Å². The number of thiophene rings is 1. The van der Waals surface area contributed by atoms with E-state index in [-0.39, 0.29) is 0 Å². The quantitative estimate of drug-likeness (QED) is 0.942. The lowest BCUT2D eigenvalue weighted by Crippen LogP contribution is -2.03. The minimum Gasteiger partial charge on any atom is -0.378 e. The topological polar surface area (TPSA) is 47.0 Å². The van der Waals surface area contributed by atoms with Crippen molar-refractivity contribution in [3.63, 3.8) is 0 Å². The lowest BCUT2D eigenvalue weighted by atomic mass is 10.3. The van der Waals surface area contributed by atoms with E-state index in [1.54, 1.807) is 18.4 Å². The summed E-state index contributed by atoms with van der Waals surface area (Å²) in [5.74, 6) is 1.49. The summed E-state index contributed by atoms with van der Waals surface area (Å²) in [5, 5.41) is 7.08. The van der Waals surface area contributed by atoms with E-state index in [2.05, 4.69) is 31.2 Å². The summed E-state index contributed by atoms with van der Waals surface area (Å²) in [7, 11) is 3.49. The molecule has 2 rings (SSSR count). The molecule has 0 amide bonds. The van der Waals surface area contributed by atoms with Crippen molar-refractivity contribution in [2.75, 3.05) is 19.5 Å². The van der Waals surface area contributed by atoms with Crippen molar-refractivity contribution in [2.45, 2.75) is 6.61 Å². The molecule has 0 aliphatic carbocycles. The third kappa shape index (κ3) is 2.65. The zero-order chi connectivity index (χ0) is 12.3. The van der Waals surface area contributed by atoms with Gasteiger partial charge in [0.25, 0.3) is 0 Å². The van der Waals surface area contributed by atoms with Crippen LogP contribution >= 0.6 is 27.3 Å². The first-order valence-corrected chi connectivity index (χ1v) is 6.75. The van der Waals surface area contributed by atoms with Crippen LogP contribution in [0.4, 0.5) is 5.82 Å². The van der Waals surface area contributed by atoms with Crippen LogP contribution in [-0.2, 0) is 11.3 Å². The van der Waals surface area contributed by atoms with Crippen LogP contribution in [0.2, 0.25) is 0 Å². The molecule has 0 spiro atoms. The van der Waals surface area contributed by atoms with E-state index in [0.29, 0.717) is 12.4 Å². The zero-order valence-electron chi connectivity index (χ0n) is 9.53. The largest absolute Gasteiger partial charge is 0.378 e. The molecule has 2 aromatic rings. The first-order chi connectivity index (χ1) is 8.26. The highest BCUT2D eigenvalue weighted by atomic mass is 79.9. The fourth-order valence-electron chi connectivity index (χ4n) is 1.41. The standard InChI is InChI=1S/C11H12BrN3OS/c1-13-11-9(12)8(5-16-2)14-10(15-11)7-3-4-17-6-7/h3-4,6H,5H2,1-2H3,(H,13,14,15). The number of methoxy groups -OCH3 is 1. The zero-order valence-corrected chi connectivity index (χ0v) is 11.9. The number of nitrogens with one attached hydrogen (secondary N) is 1. The van der Waals surface area contributed by atoms with Gasteiger partial charge in [-0.2, -0.15) is 11.3 Å². The van der Waals surface area contributed by atoms with Crippen molar-refractivity contribution in [3.05, 3.63) is 27.0 Å². The van der Waals surface area contributed by atoms with Gasteiger partial charge in [-0.3, -0.25) is 0 Å². The Balaban J connectivity index is 2.50. The second-order valence-corrected chi connectivity index (χ2v) is 4.92. The number of halogens is 1. The monoisotopic (exact) mass is 313 g/mol. The summed E-state index contributed by atoms with van der Waals surface area (Å²) < 4.78 is 5.98. The third-order valence-electron chi connectivity index (χ3n) is 2.22. The van der Waals surface area contributed by atoms with Crippen LogP contribution in [-0.4, -0.2) is 24.1 Å². The lowest BCUT2D eigenvalue weighted by Gasteiger charge is -2.09. The molecule has 0 fully saturated rings. The van der Waals surface area contributed by atoms with Crippen molar-refractivity contribution >= 4 is 33.1 Å². The molecule has 90 valence electrons. The molecule has 6 heteroatoms. The highest BCUT2D eigenvalue weighted by molar-refractivity contribution is 9.10. The predicted molar refractivity (Wildman–Crippen MR) is 73.3 cm³/mol. The Morgan fingerprint density at radius 1 is 1.47 bits per heavy atom. The molecule has 0 aromatic carbocycles. The maximum Gasteiger partial charge on any atom is 0.162 e. The van der Waals surface area contributed by atoms with E-state index in [1.165, 1.54) is 0 Å². The number of ether oxygens (including phenoxy) is 1. The van der Waals surface area contributed by atoms with Gasteiger partial charge in [0.1, 0.15) is 5.82 Å². The van der Waals surface area contributed by atoms with Gasteiger partial charge in [0.15, 0.2) is 5.82 Å². The minimum atomic E-state index is 0.453. The normalized spacial score (nSPS) is 10.5. The van der Waals surface area contributed by atoms with E-state index in [0.717, 1.165) is 21.5 Å². The van der Waals surface area contributed by atoms with Gasteiger partial charge in [-0.1, -0.05) is 0 Å². The second kappa shape index (κ2) is 5.57. The number of nitrogens with zero attached hydrogens (tertiary/aromatic N) is 2. The summed E-state index contributed by atoms with van der Waals surface area (Å²) >= 11 is 5.10. The Labute approximate surface area is 112 Å². The molecule has 0 radical (unpaired) electrons. The second-order valence-electron chi connectivity index (χ2n) is 3.35.